The zero-order valence-electron chi connectivity index (χ0n) is 17.5. The van der Waals surface area contributed by atoms with Gasteiger partial charge in [-0.3, -0.25) is 4.79 Å². The SMILES string of the molecule is Cc1cc(C)c2cc(CN(C[C@H]3CCCO3)S(=O)(=O)c3ccccc3F)c(=O)[nH]c2c1. The lowest BCUT2D eigenvalue weighted by Gasteiger charge is -2.25. The van der Waals surface area contributed by atoms with Crippen LogP contribution < -0.4 is 5.56 Å². The van der Waals surface area contributed by atoms with Crippen molar-refractivity contribution in [2.24, 2.45) is 0 Å². The topological polar surface area (TPSA) is 79.5 Å². The molecule has 0 radical (unpaired) electrons. The monoisotopic (exact) mass is 444 g/mol. The largest absolute Gasteiger partial charge is 0.377 e. The van der Waals surface area contributed by atoms with Gasteiger partial charge in [0.15, 0.2) is 0 Å². The van der Waals surface area contributed by atoms with Gasteiger partial charge in [0, 0.05) is 36.2 Å². The number of ether oxygens (including phenoxy) is 1. The number of nitrogens with one attached hydrogen (secondary N) is 1. The van der Waals surface area contributed by atoms with Crippen LogP contribution >= 0.6 is 0 Å². The Morgan fingerprint density at radius 2 is 1.97 bits per heavy atom. The first-order chi connectivity index (χ1) is 14.8. The summed E-state index contributed by atoms with van der Waals surface area (Å²) in [7, 11) is -4.18. The van der Waals surface area contributed by atoms with Gasteiger partial charge in [0.1, 0.15) is 10.7 Å². The summed E-state index contributed by atoms with van der Waals surface area (Å²) in [6.45, 7) is 4.34. The molecule has 31 heavy (non-hydrogen) atoms. The Kier molecular flexibility index (Phi) is 5.96. The number of fused-ring (bicyclic) bond motifs is 1. The molecular formula is C23H25FN2O4S. The van der Waals surface area contributed by atoms with E-state index in [1.54, 1.807) is 6.07 Å². The summed E-state index contributed by atoms with van der Waals surface area (Å²) in [5.41, 5.74) is 2.65. The summed E-state index contributed by atoms with van der Waals surface area (Å²) in [5.74, 6) is -0.821. The van der Waals surface area contributed by atoms with E-state index in [4.69, 9.17) is 4.74 Å². The van der Waals surface area contributed by atoms with Gasteiger partial charge in [0.2, 0.25) is 10.0 Å². The fraction of sp³-hybridized carbons (Fsp3) is 0.348. The van der Waals surface area contributed by atoms with Crippen LogP contribution in [0.1, 0.15) is 29.5 Å². The van der Waals surface area contributed by atoms with E-state index in [0.717, 1.165) is 39.7 Å². The van der Waals surface area contributed by atoms with E-state index in [0.29, 0.717) is 17.7 Å². The van der Waals surface area contributed by atoms with E-state index in [2.05, 4.69) is 4.98 Å². The minimum absolute atomic E-state index is 0.0566. The maximum absolute atomic E-state index is 14.4. The molecule has 1 aliphatic rings. The fourth-order valence-electron chi connectivity index (χ4n) is 4.08. The van der Waals surface area contributed by atoms with Crippen LogP contribution in [0.3, 0.4) is 0 Å². The summed E-state index contributed by atoms with van der Waals surface area (Å²) >= 11 is 0. The van der Waals surface area contributed by atoms with Crippen LogP contribution in [-0.4, -0.2) is 37.0 Å². The predicted molar refractivity (Wildman–Crippen MR) is 117 cm³/mol. The highest BCUT2D eigenvalue weighted by Crippen LogP contribution is 2.25. The van der Waals surface area contributed by atoms with Gasteiger partial charge in [0.25, 0.3) is 5.56 Å². The third kappa shape index (κ3) is 4.42. The molecule has 1 saturated heterocycles. The molecule has 2 heterocycles. The number of rotatable bonds is 6. The number of hydrogen-bond acceptors (Lipinski definition) is 4. The van der Waals surface area contributed by atoms with Crippen molar-refractivity contribution in [3.05, 3.63) is 75.3 Å². The maximum Gasteiger partial charge on any atom is 0.252 e. The molecule has 6 nitrogen and oxygen atoms in total. The first-order valence-electron chi connectivity index (χ1n) is 10.2. The van der Waals surface area contributed by atoms with E-state index in [1.807, 2.05) is 26.0 Å². The Bertz CT molecular complexity index is 1280. The van der Waals surface area contributed by atoms with Crippen molar-refractivity contribution >= 4 is 20.9 Å². The van der Waals surface area contributed by atoms with E-state index in [-0.39, 0.29) is 24.8 Å². The van der Waals surface area contributed by atoms with E-state index in [9.17, 15) is 17.6 Å². The van der Waals surface area contributed by atoms with Crippen LogP contribution in [0.15, 0.2) is 52.2 Å². The molecular weight excluding hydrogens is 419 g/mol. The first-order valence-corrected chi connectivity index (χ1v) is 11.7. The molecule has 1 aliphatic heterocycles. The molecule has 0 spiro atoms. The van der Waals surface area contributed by atoms with Gasteiger partial charge in [-0.05, 0) is 62.1 Å². The van der Waals surface area contributed by atoms with Crippen molar-refractivity contribution in [3.8, 4) is 0 Å². The molecule has 0 bridgehead atoms. The van der Waals surface area contributed by atoms with E-state index in [1.165, 1.54) is 18.2 Å². The number of aromatic nitrogens is 1. The van der Waals surface area contributed by atoms with Crippen molar-refractivity contribution in [2.45, 2.75) is 44.2 Å². The molecule has 0 saturated carbocycles. The third-order valence-electron chi connectivity index (χ3n) is 5.62. The van der Waals surface area contributed by atoms with Gasteiger partial charge >= 0.3 is 0 Å². The molecule has 0 aliphatic carbocycles. The number of nitrogens with zero attached hydrogens (tertiary/aromatic N) is 1. The minimum atomic E-state index is -4.18. The zero-order valence-corrected chi connectivity index (χ0v) is 18.3. The second-order valence-electron chi connectivity index (χ2n) is 8.03. The second kappa shape index (κ2) is 8.53. The van der Waals surface area contributed by atoms with Gasteiger partial charge in [-0.15, -0.1) is 0 Å². The minimum Gasteiger partial charge on any atom is -0.377 e. The van der Waals surface area contributed by atoms with Crippen LogP contribution in [0.25, 0.3) is 10.9 Å². The average Bonchev–Trinajstić information content (AvgIpc) is 3.21. The predicted octanol–water partition coefficient (Wildman–Crippen LogP) is 3.65. The molecule has 1 atom stereocenters. The lowest BCUT2D eigenvalue weighted by molar-refractivity contribution is 0.0924. The van der Waals surface area contributed by atoms with Crippen molar-refractivity contribution in [3.63, 3.8) is 0 Å². The number of hydrogen-bond donors (Lipinski definition) is 1. The van der Waals surface area contributed by atoms with Crippen molar-refractivity contribution in [2.75, 3.05) is 13.2 Å². The molecule has 3 aromatic rings. The molecule has 164 valence electrons. The summed E-state index contributed by atoms with van der Waals surface area (Å²) < 4.78 is 47.9. The molecule has 0 unspecified atom stereocenters. The average molecular weight is 445 g/mol. The molecule has 1 fully saturated rings. The lowest BCUT2D eigenvalue weighted by atomic mass is 10.0. The van der Waals surface area contributed by atoms with Gasteiger partial charge < -0.3 is 9.72 Å². The Morgan fingerprint density at radius 3 is 2.68 bits per heavy atom. The van der Waals surface area contributed by atoms with Gasteiger partial charge in [0.05, 0.1) is 6.10 Å². The van der Waals surface area contributed by atoms with Gasteiger partial charge in [-0.1, -0.05) is 18.2 Å². The summed E-state index contributed by atoms with van der Waals surface area (Å²) in [6.07, 6.45) is 1.27. The molecule has 0 amide bonds. The molecule has 1 aromatic heterocycles. The van der Waals surface area contributed by atoms with E-state index < -0.39 is 20.7 Å². The molecule has 2 aromatic carbocycles. The number of sulfonamides is 1. The van der Waals surface area contributed by atoms with E-state index >= 15 is 0 Å². The number of aromatic amines is 1. The number of pyridine rings is 1. The Hall–Kier alpha value is -2.55. The third-order valence-corrected chi connectivity index (χ3v) is 7.47. The van der Waals surface area contributed by atoms with Crippen LogP contribution in [-0.2, 0) is 21.3 Å². The van der Waals surface area contributed by atoms with Crippen molar-refractivity contribution < 1.29 is 17.5 Å². The van der Waals surface area contributed by atoms with Crippen molar-refractivity contribution in [1.29, 1.82) is 0 Å². The van der Waals surface area contributed by atoms with Crippen LogP contribution in [0, 0.1) is 19.7 Å². The number of H-pyrrole nitrogens is 1. The normalized spacial score (nSPS) is 17.0. The zero-order chi connectivity index (χ0) is 22.2. The second-order valence-corrected chi connectivity index (χ2v) is 9.94. The number of halogens is 1. The molecule has 8 heteroatoms. The van der Waals surface area contributed by atoms with Crippen molar-refractivity contribution in [1.82, 2.24) is 9.29 Å². The number of benzene rings is 2. The highest BCUT2D eigenvalue weighted by atomic mass is 32.2. The quantitative estimate of drug-likeness (QED) is 0.629. The highest BCUT2D eigenvalue weighted by Gasteiger charge is 2.31. The lowest BCUT2D eigenvalue weighted by Crippen LogP contribution is -2.38. The van der Waals surface area contributed by atoms with Gasteiger partial charge in [-0.2, -0.15) is 4.31 Å². The highest BCUT2D eigenvalue weighted by molar-refractivity contribution is 7.89. The fourth-order valence-corrected chi connectivity index (χ4v) is 5.59. The smallest absolute Gasteiger partial charge is 0.252 e. The maximum atomic E-state index is 14.4. The summed E-state index contributed by atoms with van der Waals surface area (Å²) in [5, 5.41) is 0.848. The number of aryl methyl sites for hydroxylation is 2. The Labute approximate surface area is 180 Å². The Morgan fingerprint density at radius 1 is 1.19 bits per heavy atom. The summed E-state index contributed by atoms with van der Waals surface area (Å²) in [6, 6.07) is 10.9. The standard InChI is InChI=1S/C23H25FN2O4S/c1-15-10-16(2)19-12-17(23(27)25-21(19)11-15)13-26(14-18-6-5-9-30-18)31(28,29)22-8-4-3-7-20(22)24/h3-4,7-8,10-12,18H,5-6,9,13-14H2,1-2H3,(H,25,27)/t18-/m1/s1. The molecule has 4 rings (SSSR count). The van der Waals surface area contributed by atoms with Crippen LogP contribution in [0.5, 0.6) is 0 Å². The van der Waals surface area contributed by atoms with Crippen LogP contribution in [0.2, 0.25) is 0 Å². The van der Waals surface area contributed by atoms with Gasteiger partial charge in [-0.25, -0.2) is 12.8 Å². The first kappa shape index (κ1) is 21.7. The van der Waals surface area contributed by atoms with Crippen LogP contribution in [0.4, 0.5) is 4.39 Å². The summed E-state index contributed by atoms with van der Waals surface area (Å²) in [4.78, 5) is 15.2. The Balaban J connectivity index is 1.77. The molecule has 1 N–H and O–H groups in total.